The topological polar surface area (TPSA) is 113 Å². The van der Waals surface area contributed by atoms with Crippen molar-refractivity contribution >= 4 is 23.5 Å². The van der Waals surface area contributed by atoms with E-state index in [1.54, 1.807) is 0 Å². The minimum atomic E-state index is -0.572. The Morgan fingerprint density at radius 1 is 1.50 bits per heavy atom. The zero-order valence-corrected chi connectivity index (χ0v) is 9.91. The van der Waals surface area contributed by atoms with Gasteiger partial charge in [0.1, 0.15) is 10.8 Å². The third kappa shape index (κ3) is 2.66. The third-order valence-electron chi connectivity index (χ3n) is 1.95. The maximum atomic E-state index is 11.7. The van der Waals surface area contributed by atoms with E-state index in [1.807, 2.05) is 0 Å². The minimum absolute atomic E-state index is 0.0219. The quantitative estimate of drug-likeness (QED) is 0.699. The van der Waals surface area contributed by atoms with Gasteiger partial charge in [-0.25, -0.2) is 9.78 Å². The number of nitrogens with one attached hydrogen (secondary N) is 3. The fourth-order valence-electron chi connectivity index (χ4n) is 1.18. The molecule has 0 saturated carbocycles. The van der Waals surface area contributed by atoms with Crippen LogP contribution in [0, 0.1) is 0 Å². The molecule has 0 aliphatic rings. The number of carbonyl (C=O) groups is 1. The van der Waals surface area contributed by atoms with Gasteiger partial charge in [0, 0.05) is 12.3 Å². The highest BCUT2D eigenvalue weighted by Gasteiger charge is 2.11. The van der Waals surface area contributed by atoms with Crippen LogP contribution in [0.2, 0.25) is 5.15 Å². The van der Waals surface area contributed by atoms with Crippen LogP contribution in [0.1, 0.15) is 10.5 Å². The predicted octanol–water partition coefficient (Wildman–Crippen LogP) is 0.407. The van der Waals surface area contributed by atoms with Crippen LogP contribution >= 0.6 is 11.6 Å². The van der Waals surface area contributed by atoms with Crippen molar-refractivity contribution in [1.82, 2.24) is 19.9 Å². The number of rotatable bonds is 3. The maximum absolute atomic E-state index is 11.7. The van der Waals surface area contributed by atoms with Crippen LogP contribution in [0.25, 0.3) is 0 Å². The van der Waals surface area contributed by atoms with Crippen molar-refractivity contribution in [2.45, 2.75) is 0 Å². The van der Waals surface area contributed by atoms with Gasteiger partial charge in [0.2, 0.25) is 11.8 Å². The molecule has 0 atom stereocenters. The van der Waals surface area contributed by atoms with Crippen molar-refractivity contribution in [2.24, 2.45) is 0 Å². The molecular formula is C9H8ClN5O3. The summed E-state index contributed by atoms with van der Waals surface area (Å²) in [6.07, 6.45) is 1.24. The van der Waals surface area contributed by atoms with Crippen LogP contribution in [-0.2, 0) is 0 Å². The molecule has 0 unspecified atom stereocenters. The molecule has 2 aromatic rings. The number of anilines is 1. The van der Waals surface area contributed by atoms with Gasteiger partial charge in [0.05, 0.1) is 7.11 Å². The lowest BCUT2D eigenvalue weighted by Crippen LogP contribution is -2.16. The molecule has 0 spiro atoms. The van der Waals surface area contributed by atoms with Crippen LogP contribution in [0.5, 0.6) is 5.88 Å². The Morgan fingerprint density at radius 3 is 2.89 bits per heavy atom. The van der Waals surface area contributed by atoms with Gasteiger partial charge in [-0.1, -0.05) is 11.6 Å². The first-order valence-electron chi connectivity index (χ1n) is 4.76. The first-order chi connectivity index (χ1) is 8.58. The van der Waals surface area contributed by atoms with E-state index in [-0.39, 0.29) is 22.7 Å². The number of hydrogen-bond acceptors (Lipinski definition) is 5. The van der Waals surface area contributed by atoms with Crippen LogP contribution in [0.3, 0.4) is 0 Å². The van der Waals surface area contributed by atoms with Gasteiger partial charge in [0.15, 0.2) is 0 Å². The number of imidazole rings is 1. The van der Waals surface area contributed by atoms with Gasteiger partial charge in [-0.2, -0.15) is 4.98 Å². The molecule has 18 heavy (non-hydrogen) atoms. The summed E-state index contributed by atoms with van der Waals surface area (Å²) in [5, 5.41) is 2.50. The predicted molar refractivity (Wildman–Crippen MR) is 63.0 cm³/mol. The molecule has 8 nitrogen and oxygen atoms in total. The van der Waals surface area contributed by atoms with Gasteiger partial charge in [-0.3, -0.25) is 10.1 Å². The fraction of sp³-hybridized carbons (Fsp3) is 0.111. The van der Waals surface area contributed by atoms with Crippen molar-refractivity contribution in [1.29, 1.82) is 0 Å². The first-order valence-corrected chi connectivity index (χ1v) is 5.14. The number of aromatic amines is 2. The second-order valence-electron chi connectivity index (χ2n) is 3.17. The van der Waals surface area contributed by atoms with Gasteiger partial charge >= 0.3 is 5.69 Å². The van der Waals surface area contributed by atoms with Crippen molar-refractivity contribution in [2.75, 3.05) is 12.4 Å². The maximum Gasteiger partial charge on any atom is 0.323 e. The second kappa shape index (κ2) is 4.88. The molecule has 1 amide bonds. The normalized spacial score (nSPS) is 10.1. The Morgan fingerprint density at radius 2 is 2.28 bits per heavy atom. The van der Waals surface area contributed by atoms with E-state index in [2.05, 4.69) is 25.3 Å². The lowest BCUT2D eigenvalue weighted by atomic mass is 10.4. The Labute approximate surface area is 105 Å². The number of halogens is 1. The number of H-pyrrole nitrogens is 2. The number of aromatic nitrogens is 4. The molecule has 0 aromatic carbocycles. The number of ether oxygens (including phenoxy) is 1. The molecule has 3 N–H and O–H groups in total. The van der Waals surface area contributed by atoms with Crippen molar-refractivity contribution in [3.05, 3.63) is 33.6 Å². The number of amides is 1. The van der Waals surface area contributed by atoms with E-state index in [4.69, 9.17) is 16.3 Å². The lowest BCUT2D eigenvalue weighted by Gasteiger charge is -2.04. The average molecular weight is 270 g/mol. The molecule has 2 aromatic heterocycles. The first kappa shape index (κ1) is 12.1. The van der Waals surface area contributed by atoms with Crippen molar-refractivity contribution in [3.63, 3.8) is 0 Å². The fourth-order valence-corrected chi connectivity index (χ4v) is 1.35. The Bertz CT molecular complexity index is 635. The van der Waals surface area contributed by atoms with Gasteiger partial charge in [-0.15, -0.1) is 0 Å². The second-order valence-corrected chi connectivity index (χ2v) is 3.55. The largest absolute Gasteiger partial charge is 0.481 e. The SMILES string of the molecule is COc1cc(Cl)nc(NC(=O)c2c[nH]c(=O)[nH]2)n1. The molecule has 2 heterocycles. The molecule has 0 fully saturated rings. The molecule has 0 aliphatic carbocycles. The van der Waals surface area contributed by atoms with Crippen LogP contribution in [0.15, 0.2) is 17.1 Å². The summed E-state index contributed by atoms with van der Waals surface area (Å²) in [6, 6.07) is 1.40. The number of methoxy groups -OCH3 is 1. The average Bonchev–Trinajstić information content (AvgIpc) is 2.75. The molecule has 0 bridgehead atoms. The smallest absolute Gasteiger partial charge is 0.323 e. The summed E-state index contributed by atoms with van der Waals surface area (Å²) >= 11 is 5.72. The van der Waals surface area contributed by atoms with Crippen molar-refractivity contribution < 1.29 is 9.53 Å². The standard InChI is InChI=1S/C9H8ClN5O3/c1-18-6-2-5(10)13-8(14-6)15-7(16)4-3-11-9(17)12-4/h2-3H,1H3,(H2,11,12,17)(H,13,14,15,16). The Balaban J connectivity index is 2.21. The highest BCUT2D eigenvalue weighted by Crippen LogP contribution is 2.15. The van der Waals surface area contributed by atoms with Crippen LogP contribution < -0.4 is 15.7 Å². The third-order valence-corrected chi connectivity index (χ3v) is 2.14. The zero-order valence-electron chi connectivity index (χ0n) is 9.15. The molecule has 0 saturated heterocycles. The minimum Gasteiger partial charge on any atom is -0.481 e. The highest BCUT2D eigenvalue weighted by atomic mass is 35.5. The van der Waals surface area contributed by atoms with Crippen LogP contribution in [0.4, 0.5) is 5.95 Å². The van der Waals surface area contributed by atoms with Gasteiger partial charge in [0.25, 0.3) is 5.91 Å². The lowest BCUT2D eigenvalue weighted by molar-refractivity contribution is 0.102. The van der Waals surface area contributed by atoms with Gasteiger partial charge in [-0.05, 0) is 0 Å². The van der Waals surface area contributed by atoms with E-state index in [9.17, 15) is 9.59 Å². The van der Waals surface area contributed by atoms with E-state index in [0.717, 1.165) is 0 Å². The zero-order chi connectivity index (χ0) is 13.1. The Kier molecular flexibility index (Phi) is 3.28. The monoisotopic (exact) mass is 269 g/mol. The van der Waals surface area contributed by atoms with Crippen molar-refractivity contribution in [3.8, 4) is 5.88 Å². The van der Waals surface area contributed by atoms with Crippen LogP contribution in [-0.4, -0.2) is 33.0 Å². The molecule has 94 valence electrons. The van der Waals surface area contributed by atoms with E-state index < -0.39 is 11.6 Å². The number of nitrogens with zero attached hydrogens (tertiary/aromatic N) is 2. The summed E-state index contributed by atoms with van der Waals surface area (Å²) in [5.41, 5.74) is -0.424. The highest BCUT2D eigenvalue weighted by molar-refractivity contribution is 6.29. The molecule has 0 aliphatic heterocycles. The summed E-state index contributed by atoms with van der Waals surface area (Å²) in [6.45, 7) is 0. The molecule has 9 heteroatoms. The Hall–Kier alpha value is -2.35. The molecule has 0 radical (unpaired) electrons. The van der Waals surface area contributed by atoms with E-state index >= 15 is 0 Å². The number of hydrogen-bond donors (Lipinski definition) is 3. The summed E-state index contributed by atoms with van der Waals surface area (Å²) < 4.78 is 4.88. The van der Waals surface area contributed by atoms with Gasteiger partial charge < -0.3 is 14.7 Å². The summed E-state index contributed by atoms with van der Waals surface area (Å²) in [4.78, 5) is 34.8. The van der Waals surface area contributed by atoms with E-state index in [0.29, 0.717) is 0 Å². The molecular weight excluding hydrogens is 262 g/mol. The summed E-state index contributed by atoms with van der Waals surface area (Å²) in [5.74, 6) is -0.378. The molecule has 2 rings (SSSR count). The van der Waals surface area contributed by atoms with E-state index in [1.165, 1.54) is 19.4 Å². The summed E-state index contributed by atoms with van der Waals surface area (Å²) in [7, 11) is 1.41. The number of carbonyl (C=O) groups excluding carboxylic acids is 1.